The number of aryl methyl sites for hydroxylation is 1. The zero-order valence-corrected chi connectivity index (χ0v) is 10.5. The highest BCUT2D eigenvalue weighted by Crippen LogP contribution is 2.24. The summed E-state index contributed by atoms with van der Waals surface area (Å²) in [5, 5.41) is 28.0. The van der Waals surface area contributed by atoms with E-state index in [9.17, 15) is 20.0 Å². The molecule has 0 fully saturated rings. The first-order chi connectivity index (χ1) is 9.99. The molecule has 0 saturated carbocycles. The van der Waals surface area contributed by atoms with Crippen LogP contribution < -0.4 is 0 Å². The van der Waals surface area contributed by atoms with Crippen LogP contribution in [0.2, 0.25) is 0 Å². The number of aromatic nitrogens is 6. The average Bonchev–Trinajstić information content (AvgIpc) is 3.05. The fraction of sp³-hybridized carbons (Fsp3) is 0.100. The van der Waals surface area contributed by atoms with Gasteiger partial charge in [0.15, 0.2) is 5.65 Å². The maximum atomic E-state index is 11.3. The molecule has 0 aliphatic rings. The van der Waals surface area contributed by atoms with Crippen molar-refractivity contribution in [1.82, 2.24) is 29.5 Å². The molecular weight excluding hydrogens is 282 g/mol. The number of nitro groups is 1. The van der Waals surface area contributed by atoms with Crippen LogP contribution in [0.5, 0.6) is 0 Å². The molecule has 3 aromatic rings. The smallest absolute Gasteiger partial charge is 0.478 e. The van der Waals surface area contributed by atoms with Crippen LogP contribution in [0.15, 0.2) is 18.7 Å². The van der Waals surface area contributed by atoms with Gasteiger partial charge in [-0.05, 0) is 4.92 Å². The van der Waals surface area contributed by atoms with Gasteiger partial charge in [0.1, 0.15) is 11.3 Å². The predicted molar refractivity (Wildman–Crippen MR) is 67.0 cm³/mol. The van der Waals surface area contributed by atoms with Gasteiger partial charge in [-0.2, -0.15) is 5.10 Å². The number of fused-ring (bicyclic) bond motifs is 1. The minimum absolute atomic E-state index is 0.126. The standard InChI is InChI=1S/C10H7N7O4/c1-15-8-5(3-13-15)7(6(2-11-8)9(18)19)16-4-12-10(14-16)17(20)21/h2-4H,1H3,(H,18,19). The maximum absolute atomic E-state index is 11.3. The fourth-order valence-electron chi connectivity index (χ4n) is 1.93. The van der Waals surface area contributed by atoms with Crippen LogP contribution in [0.3, 0.4) is 0 Å². The molecule has 11 heteroatoms. The summed E-state index contributed by atoms with van der Waals surface area (Å²) in [5.74, 6) is -1.86. The highest BCUT2D eigenvalue weighted by Gasteiger charge is 2.23. The SMILES string of the molecule is Cn1ncc2c(-n3cnc([N+](=O)[O-])n3)c(C(=O)O)cnc21. The van der Waals surface area contributed by atoms with Crippen molar-refractivity contribution in [3.8, 4) is 5.69 Å². The number of pyridine rings is 1. The molecule has 106 valence electrons. The molecule has 0 unspecified atom stereocenters. The van der Waals surface area contributed by atoms with E-state index in [0.717, 1.165) is 17.2 Å². The number of carboxylic acid groups (broad SMARTS) is 1. The third-order valence-corrected chi connectivity index (χ3v) is 2.84. The molecule has 3 heterocycles. The van der Waals surface area contributed by atoms with E-state index in [0.29, 0.717) is 11.0 Å². The van der Waals surface area contributed by atoms with Gasteiger partial charge in [0.2, 0.25) is 6.33 Å². The van der Waals surface area contributed by atoms with E-state index in [4.69, 9.17) is 0 Å². The first-order valence-corrected chi connectivity index (χ1v) is 5.59. The van der Waals surface area contributed by atoms with Crippen LogP contribution >= 0.6 is 0 Å². The molecule has 0 bridgehead atoms. The molecule has 0 saturated heterocycles. The maximum Gasteiger partial charge on any atom is 0.491 e. The van der Waals surface area contributed by atoms with Gasteiger partial charge in [0.05, 0.1) is 11.6 Å². The summed E-state index contributed by atoms with van der Waals surface area (Å²) in [6.07, 6.45) is 3.64. The molecule has 0 amide bonds. The monoisotopic (exact) mass is 289 g/mol. The number of carboxylic acids is 1. The highest BCUT2D eigenvalue weighted by atomic mass is 16.6. The fourth-order valence-corrected chi connectivity index (χ4v) is 1.93. The third kappa shape index (κ3) is 1.87. The van der Waals surface area contributed by atoms with Gasteiger partial charge in [-0.1, -0.05) is 4.98 Å². The van der Waals surface area contributed by atoms with E-state index in [-0.39, 0.29) is 11.3 Å². The van der Waals surface area contributed by atoms with Crippen molar-refractivity contribution in [1.29, 1.82) is 0 Å². The largest absolute Gasteiger partial charge is 0.491 e. The second-order valence-corrected chi connectivity index (χ2v) is 4.08. The van der Waals surface area contributed by atoms with Gasteiger partial charge in [0.25, 0.3) is 0 Å². The second kappa shape index (κ2) is 4.33. The zero-order chi connectivity index (χ0) is 15.1. The Morgan fingerprint density at radius 3 is 2.76 bits per heavy atom. The molecule has 3 rings (SSSR count). The summed E-state index contributed by atoms with van der Waals surface area (Å²) in [7, 11) is 1.64. The van der Waals surface area contributed by atoms with Gasteiger partial charge in [0, 0.05) is 18.3 Å². The summed E-state index contributed by atoms with van der Waals surface area (Å²) in [6, 6.07) is 0. The Balaban J connectivity index is 2.34. The Hall–Kier alpha value is -3.37. The topological polar surface area (TPSA) is 142 Å². The van der Waals surface area contributed by atoms with Gasteiger partial charge in [-0.15, -0.1) is 4.68 Å². The van der Waals surface area contributed by atoms with Crippen molar-refractivity contribution in [2.75, 3.05) is 0 Å². The lowest BCUT2D eigenvalue weighted by atomic mass is 10.2. The molecular formula is C10H7N7O4. The van der Waals surface area contributed by atoms with Crippen LogP contribution in [0, 0.1) is 10.1 Å². The Morgan fingerprint density at radius 1 is 1.38 bits per heavy atom. The Bertz CT molecular complexity index is 881. The van der Waals surface area contributed by atoms with Crippen molar-refractivity contribution in [3.63, 3.8) is 0 Å². The zero-order valence-electron chi connectivity index (χ0n) is 10.5. The minimum Gasteiger partial charge on any atom is -0.478 e. The number of nitrogens with zero attached hydrogens (tertiary/aromatic N) is 7. The number of hydrogen-bond donors (Lipinski definition) is 1. The van der Waals surface area contributed by atoms with E-state index >= 15 is 0 Å². The lowest BCUT2D eigenvalue weighted by molar-refractivity contribution is -0.394. The van der Waals surface area contributed by atoms with Gasteiger partial charge >= 0.3 is 11.9 Å². The lowest BCUT2D eigenvalue weighted by Crippen LogP contribution is -2.08. The first-order valence-electron chi connectivity index (χ1n) is 5.59. The molecule has 21 heavy (non-hydrogen) atoms. The predicted octanol–water partition coefficient (Wildman–Crippen LogP) is 0.155. The first kappa shape index (κ1) is 12.7. The molecule has 11 nitrogen and oxygen atoms in total. The van der Waals surface area contributed by atoms with E-state index in [1.807, 2.05) is 0 Å². The van der Waals surface area contributed by atoms with E-state index in [1.165, 1.54) is 10.9 Å². The highest BCUT2D eigenvalue weighted by molar-refractivity contribution is 5.99. The van der Waals surface area contributed by atoms with Crippen LogP contribution in [-0.4, -0.2) is 45.5 Å². The molecule has 0 aromatic carbocycles. The average molecular weight is 289 g/mol. The summed E-state index contributed by atoms with van der Waals surface area (Å²) in [6.45, 7) is 0. The molecule has 0 aliphatic carbocycles. The number of hydrogen-bond acceptors (Lipinski definition) is 7. The molecule has 0 radical (unpaired) electrons. The van der Waals surface area contributed by atoms with E-state index in [1.54, 1.807) is 7.05 Å². The molecule has 0 atom stereocenters. The van der Waals surface area contributed by atoms with Gasteiger partial charge in [-0.25, -0.2) is 9.78 Å². The van der Waals surface area contributed by atoms with Crippen molar-refractivity contribution in [3.05, 3.63) is 34.4 Å². The summed E-state index contributed by atoms with van der Waals surface area (Å²) in [4.78, 5) is 28.7. The summed E-state index contributed by atoms with van der Waals surface area (Å²) >= 11 is 0. The Labute approximate surface area is 115 Å². The second-order valence-electron chi connectivity index (χ2n) is 4.08. The van der Waals surface area contributed by atoms with Gasteiger partial charge < -0.3 is 15.2 Å². The molecule has 0 aliphatic heterocycles. The van der Waals surface area contributed by atoms with Gasteiger partial charge in [-0.3, -0.25) is 4.68 Å². The Morgan fingerprint density at radius 2 is 2.14 bits per heavy atom. The van der Waals surface area contributed by atoms with E-state index in [2.05, 4.69) is 20.2 Å². The van der Waals surface area contributed by atoms with Crippen molar-refractivity contribution in [2.45, 2.75) is 0 Å². The number of aromatic carboxylic acids is 1. The van der Waals surface area contributed by atoms with Crippen molar-refractivity contribution < 1.29 is 14.8 Å². The number of rotatable bonds is 3. The minimum atomic E-state index is -1.23. The van der Waals surface area contributed by atoms with Crippen LogP contribution in [0.25, 0.3) is 16.7 Å². The summed E-state index contributed by atoms with van der Waals surface area (Å²) in [5.41, 5.74) is 0.393. The molecule has 3 aromatic heterocycles. The van der Waals surface area contributed by atoms with E-state index < -0.39 is 16.8 Å². The number of carbonyl (C=O) groups is 1. The normalized spacial score (nSPS) is 10.9. The van der Waals surface area contributed by atoms with Crippen LogP contribution in [0.4, 0.5) is 5.95 Å². The lowest BCUT2D eigenvalue weighted by Gasteiger charge is -2.04. The quantitative estimate of drug-likeness (QED) is 0.530. The Kier molecular flexibility index (Phi) is 2.61. The summed E-state index contributed by atoms with van der Waals surface area (Å²) < 4.78 is 2.49. The molecule has 0 spiro atoms. The third-order valence-electron chi connectivity index (χ3n) is 2.84. The van der Waals surface area contributed by atoms with Crippen LogP contribution in [-0.2, 0) is 7.05 Å². The molecule has 1 N–H and O–H groups in total. The van der Waals surface area contributed by atoms with Crippen LogP contribution in [0.1, 0.15) is 10.4 Å². The van der Waals surface area contributed by atoms with Crippen molar-refractivity contribution in [2.24, 2.45) is 7.05 Å². The van der Waals surface area contributed by atoms with Crippen molar-refractivity contribution >= 4 is 23.0 Å².